The average molecular weight is 249 g/mol. The second-order valence-electron chi connectivity index (χ2n) is 4.30. The number of nitrogens with one attached hydrogen (secondary N) is 1. The monoisotopic (exact) mass is 249 g/mol. The van der Waals surface area contributed by atoms with E-state index in [0.717, 1.165) is 29.6 Å². The van der Waals surface area contributed by atoms with E-state index in [0.29, 0.717) is 5.25 Å². The lowest BCUT2D eigenvalue weighted by Crippen LogP contribution is -2.19. The van der Waals surface area contributed by atoms with E-state index >= 15 is 0 Å². The standard InChI is InChI=1S/C13H19N3S/c1-3-5-12-9-15-13(17-12)14-8-11-7-4-6-10(2)16-11/h4,6-7,12H,3,5,8-9H2,1-2H3,(H,14,15). The third-order valence-electron chi connectivity index (χ3n) is 2.69. The van der Waals surface area contributed by atoms with Crippen molar-refractivity contribution in [2.75, 3.05) is 6.54 Å². The Morgan fingerprint density at radius 2 is 2.35 bits per heavy atom. The Kier molecular flexibility index (Phi) is 4.42. The van der Waals surface area contributed by atoms with Gasteiger partial charge in [-0.15, -0.1) is 0 Å². The Morgan fingerprint density at radius 3 is 3.12 bits per heavy atom. The quantitative estimate of drug-likeness (QED) is 0.891. The van der Waals surface area contributed by atoms with E-state index in [4.69, 9.17) is 0 Å². The lowest BCUT2D eigenvalue weighted by Gasteiger charge is -2.07. The van der Waals surface area contributed by atoms with Crippen molar-refractivity contribution in [2.24, 2.45) is 4.99 Å². The predicted octanol–water partition coefficient (Wildman–Crippen LogP) is 2.75. The minimum Gasteiger partial charge on any atom is -0.359 e. The summed E-state index contributed by atoms with van der Waals surface area (Å²) in [7, 11) is 0. The number of amidine groups is 1. The fourth-order valence-electron chi connectivity index (χ4n) is 1.85. The van der Waals surface area contributed by atoms with Gasteiger partial charge in [-0.05, 0) is 25.5 Å². The minimum absolute atomic E-state index is 0.674. The molecule has 0 radical (unpaired) electrons. The summed E-state index contributed by atoms with van der Waals surface area (Å²) in [5.41, 5.74) is 2.14. The van der Waals surface area contributed by atoms with Gasteiger partial charge >= 0.3 is 0 Å². The van der Waals surface area contributed by atoms with Crippen LogP contribution in [0.2, 0.25) is 0 Å². The number of aryl methyl sites for hydroxylation is 1. The summed E-state index contributed by atoms with van der Waals surface area (Å²) in [5.74, 6) is 0. The molecular weight excluding hydrogens is 230 g/mol. The van der Waals surface area contributed by atoms with Crippen molar-refractivity contribution in [1.29, 1.82) is 0 Å². The van der Waals surface area contributed by atoms with Gasteiger partial charge in [0, 0.05) is 10.9 Å². The second kappa shape index (κ2) is 6.05. The van der Waals surface area contributed by atoms with Crippen LogP contribution in [0, 0.1) is 6.92 Å². The van der Waals surface area contributed by atoms with Crippen molar-refractivity contribution in [3.05, 3.63) is 29.6 Å². The van der Waals surface area contributed by atoms with Crippen LogP contribution >= 0.6 is 11.8 Å². The number of hydrogen-bond donors (Lipinski definition) is 1. The van der Waals surface area contributed by atoms with Crippen LogP contribution in [0.25, 0.3) is 0 Å². The third kappa shape index (κ3) is 3.73. The summed E-state index contributed by atoms with van der Waals surface area (Å²) < 4.78 is 0. The van der Waals surface area contributed by atoms with E-state index < -0.39 is 0 Å². The van der Waals surface area contributed by atoms with Crippen molar-refractivity contribution >= 4 is 16.9 Å². The van der Waals surface area contributed by atoms with Crippen LogP contribution in [0.15, 0.2) is 23.2 Å². The molecule has 4 heteroatoms. The molecule has 1 aliphatic rings. The van der Waals surface area contributed by atoms with Gasteiger partial charge in [-0.3, -0.25) is 9.98 Å². The summed E-state index contributed by atoms with van der Waals surface area (Å²) in [5, 5.41) is 5.11. The summed E-state index contributed by atoms with van der Waals surface area (Å²) in [6.07, 6.45) is 2.49. The van der Waals surface area contributed by atoms with Crippen molar-refractivity contribution in [1.82, 2.24) is 10.3 Å². The number of thioether (sulfide) groups is 1. The molecule has 0 bridgehead atoms. The minimum atomic E-state index is 0.674. The Balaban J connectivity index is 1.80. The number of pyridine rings is 1. The Labute approximate surface area is 107 Å². The van der Waals surface area contributed by atoms with E-state index in [9.17, 15) is 0 Å². The predicted molar refractivity (Wildman–Crippen MR) is 74.4 cm³/mol. The second-order valence-corrected chi connectivity index (χ2v) is 5.59. The first-order valence-corrected chi connectivity index (χ1v) is 7.03. The fraction of sp³-hybridized carbons (Fsp3) is 0.538. The molecular formula is C13H19N3S. The molecule has 1 aromatic heterocycles. The van der Waals surface area contributed by atoms with Crippen LogP contribution in [0.5, 0.6) is 0 Å². The smallest absolute Gasteiger partial charge is 0.157 e. The zero-order valence-electron chi connectivity index (χ0n) is 10.4. The lowest BCUT2D eigenvalue weighted by atomic mass is 10.2. The van der Waals surface area contributed by atoms with E-state index in [1.807, 2.05) is 36.9 Å². The van der Waals surface area contributed by atoms with E-state index in [2.05, 4.69) is 22.2 Å². The summed E-state index contributed by atoms with van der Waals surface area (Å²) in [4.78, 5) is 8.98. The van der Waals surface area contributed by atoms with Crippen LogP contribution in [-0.2, 0) is 6.54 Å². The molecule has 0 amide bonds. The normalized spacial score (nSPS) is 19.2. The molecule has 1 N–H and O–H groups in total. The first kappa shape index (κ1) is 12.4. The van der Waals surface area contributed by atoms with Crippen LogP contribution in [0.3, 0.4) is 0 Å². The average Bonchev–Trinajstić information content (AvgIpc) is 2.75. The van der Waals surface area contributed by atoms with Gasteiger partial charge in [-0.2, -0.15) is 0 Å². The molecule has 17 heavy (non-hydrogen) atoms. The summed E-state index contributed by atoms with van der Waals surface area (Å²) in [6, 6.07) is 6.11. The Bertz CT molecular complexity index is 403. The molecule has 0 fully saturated rings. The van der Waals surface area contributed by atoms with Gasteiger partial charge in [0.05, 0.1) is 18.8 Å². The highest BCUT2D eigenvalue weighted by atomic mass is 32.2. The molecule has 2 rings (SSSR count). The van der Waals surface area contributed by atoms with Gasteiger partial charge in [0.2, 0.25) is 0 Å². The zero-order chi connectivity index (χ0) is 12.1. The van der Waals surface area contributed by atoms with E-state index in [-0.39, 0.29) is 0 Å². The molecule has 1 atom stereocenters. The zero-order valence-corrected chi connectivity index (χ0v) is 11.3. The highest BCUT2D eigenvalue weighted by Gasteiger charge is 2.18. The van der Waals surface area contributed by atoms with Crippen molar-refractivity contribution in [3.8, 4) is 0 Å². The molecule has 0 aromatic carbocycles. The summed E-state index contributed by atoms with van der Waals surface area (Å²) in [6.45, 7) is 5.97. The van der Waals surface area contributed by atoms with Crippen LogP contribution in [0.1, 0.15) is 31.2 Å². The highest BCUT2D eigenvalue weighted by Crippen LogP contribution is 2.23. The van der Waals surface area contributed by atoms with Crippen LogP contribution < -0.4 is 5.32 Å². The number of rotatable bonds is 4. The molecule has 3 nitrogen and oxygen atoms in total. The third-order valence-corrected chi connectivity index (χ3v) is 3.91. The highest BCUT2D eigenvalue weighted by molar-refractivity contribution is 8.14. The Hall–Kier alpha value is -1.03. The maximum atomic E-state index is 4.51. The fourth-order valence-corrected chi connectivity index (χ4v) is 2.97. The largest absolute Gasteiger partial charge is 0.359 e. The molecule has 1 aromatic rings. The number of aliphatic imine (C=N–C) groups is 1. The van der Waals surface area contributed by atoms with Crippen LogP contribution in [-0.4, -0.2) is 21.9 Å². The summed E-state index contributed by atoms with van der Waals surface area (Å²) >= 11 is 1.87. The maximum absolute atomic E-state index is 4.51. The number of hydrogen-bond acceptors (Lipinski definition) is 4. The van der Waals surface area contributed by atoms with Crippen molar-refractivity contribution < 1.29 is 0 Å². The molecule has 0 aliphatic carbocycles. The lowest BCUT2D eigenvalue weighted by molar-refractivity contribution is 0.753. The Morgan fingerprint density at radius 1 is 1.47 bits per heavy atom. The maximum Gasteiger partial charge on any atom is 0.157 e. The number of aromatic nitrogens is 1. The molecule has 0 spiro atoms. The van der Waals surface area contributed by atoms with Gasteiger partial charge in [0.1, 0.15) is 0 Å². The van der Waals surface area contributed by atoms with Crippen molar-refractivity contribution in [2.45, 2.75) is 38.5 Å². The van der Waals surface area contributed by atoms with Gasteiger partial charge in [-0.25, -0.2) is 0 Å². The molecule has 0 saturated carbocycles. The molecule has 1 unspecified atom stereocenters. The first-order chi connectivity index (χ1) is 8.28. The van der Waals surface area contributed by atoms with Crippen LogP contribution in [0.4, 0.5) is 0 Å². The van der Waals surface area contributed by atoms with Gasteiger partial charge < -0.3 is 5.32 Å². The van der Waals surface area contributed by atoms with E-state index in [1.165, 1.54) is 12.8 Å². The molecule has 0 saturated heterocycles. The first-order valence-electron chi connectivity index (χ1n) is 6.15. The number of nitrogens with zero attached hydrogens (tertiary/aromatic N) is 2. The van der Waals surface area contributed by atoms with Gasteiger partial charge in [0.15, 0.2) is 5.17 Å². The SMILES string of the molecule is CCCC1CN=C(NCc2cccc(C)n2)S1. The van der Waals surface area contributed by atoms with Crippen molar-refractivity contribution in [3.63, 3.8) is 0 Å². The topological polar surface area (TPSA) is 37.3 Å². The molecule has 2 heterocycles. The van der Waals surface area contributed by atoms with Gasteiger partial charge in [-0.1, -0.05) is 31.2 Å². The van der Waals surface area contributed by atoms with Gasteiger partial charge in [0.25, 0.3) is 0 Å². The van der Waals surface area contributed by atoms with E-state index in [1.54, 1.807) is 0 Å². The molecule has 1 aliphatic heterocycles. The molecule has 92 valence electrons.